The molecule has 22 heavy (non-hydrogen) atoms. The number of ether oxygens (including phenoxy) is 2. The highest BCUT2D eigenvalue weighted by atomic mass is 16.5. The molecule has 0 unspecified atom stereocenters. The Bertz CT molecular complexity index is 468. The molecule has 124 valence electrons. The number of hydrogen-bond donors (Lipinski definition) is 1. The molecule has 0 spiro atoms. The number of phenols is 1. The molecule has 4 nitrogen and oxygen atoms in total. The molecule has 0 fully saturated rings. The zero-order chi connectivity index (χ0) is 16.4. The van der Waals surface area contributed by atoms with Crippen LogP contribution in [0.4, 0.5) is 0 Å². The van der Waals surface area contributed by atoms with Crippen molar-refractivity contribution in [2.75, 3.05) is 13.2 Å². The first-order valence-corrected chi connectivity index (χ1v) is 8.23. The van der Waals surface area contributed by atoms with Gasteiger partial charge in [-0.1, -0.05) is 39.0 Å². The Morgan fingerprint density at radius 1 is 1.05 bits per heavy atom. The largest absolute Gasteiger partial charge is 0.507 e. The van der Waals surface area contributed by atoms with Gasteiger partial charge in [0.2, 0.25) is 0 Å². The van der Waals surface area contributed by atoms with Gasteiger partial charge >= 0.3 is 0 Å². The number of benzene rings is 1. The van der Waals surface area contributed by atoms with E-state index in [4.69, 9.17) is 9.47 Å². The maximum atomic E-state index is 11.7. The molecule has 0 bridgehead atoms. The van der Waals surface area contributed by atoms with Crippen LogP contribution in [0.25, 0.3) is 0 Å². The van der Waals surface area contributed by atoms with Gasteiger partial charge in [-0.15, -0.1) is 0 Å². The van der Waals surface area contributed by atoms with Crippen LogP contribution in [0.5, 0.6) is 17.2 Å². The van der Waals surface area contributed by atoms with E-state index in [1.807, 2.05) is 6.92 Å². The summed E-state index contributed by atoms with van der Waals surface area (Å²) in [6, 6.07) is 3.13. The van der Waals surface area contributed by atoms with Gasteiger partial charge in [-0.2, -0.15) is 0 Å². The summed E-state index contributed by atoms with van der Waals surface area (Å²) in [5, 5.41) is 9.99. The maximum absolute atomic E-state index is 11.7. The van der Waals surface area contributed by atoms with Gasteiger partial charge in [0, 0.05) is 12.1 Å². The lowest BCUT2D eigenvalue weighted by atomic mass is 10.1. The summed E-state index contributed by atoms with van der Waals surface area (Å²) in [7, 11) is 0. The molecule has 0 aliphatic rings. The van der Waals surface area contributed by atoms with E-state index in [0.717, 1.165) is 12.8 Å². The molecule has 0 radical (unpaired) electrons. The highest BCUT2D eigenvalue weighted by Gasteiger charge is 2.16. The minimum absolute atomic E-state index is 0.0867. The summed E-state index contributed by atoms with van der Waals surface area (Å²) in [6.07, 6.45) is 7.05. The molecule has 0 aliphatic carbocycles. The molecule has 4 heteroatoms. The normalized spacial score (nSPS) is 10.5. The van der Waals surface area contributed by atoms with Gasteiger partial charge in [0.25, 0.3) is 0 Å². The third kappa shape index (κ3) is 5.96. The lowest BCUT2D eigenvalue weighted by Gasteiger charge is -2.13. The smallest absolute Gasteiger partial charge is 0.167 e. The number of rotatable bonds is 11. The summed E-state index contributed by atoms with van der Waals surface area (Å²) in [5.74, 6) is 0.627. The lowest BCUT2D eigenvalue weighted by molar-refractivity contribution is 0.101. The van der Waals surface area contributed by atoms with Gasteiger partial charge in [-0.3, -0.25) is 4.79 Å². The minimum Gasteiger partial charge on any atom is -0.507 e. The van der Waals surface area contributed by atoms with E-state index < -0.39 is 0 Å². The molecule has 1 aromatic carbocycles. The van der Waals surface area contributed by atoms with E-state index in [2.05, 4.69) is 6.92 Å². The first kappa shape index (κ1) is 18.3. The first-order chi connectivity index (χ1) is 10.6. The molecule has 1 N–H and O–H groups in total. The van der Waals surface area contributed by atoms with E-state index >= 15 is 0 Å². The number of carbonyl (C=O) groups excluding carboxylic acids is 1. The van der Waals surface area contributed by atoms with E-state index in [9.17, 15) is 9.90 Å². The van der Waals surface area contributed by atoms with Crippen molar-refractivity contribution in [2.45, 2.75) is 59.3 Å². The van der Waals surface area contributed by atoms with Crippen LogP contribution in [0.3, 0.4) is 0 Å². The zero-order valence-corrected chi connectivity index (χ0v) is 14.0. The molecular weight excluding hydrogens is 280 g/mol. The van der Waals surface area contributed by atoms with Gasteiger partial charge in [0.1, 0.15) is 22.8 Å². The van der Waals surface area contributed by atoms with E-state index in [0.29, 0.717) is 24.7 Å². The molecular formula is C18H28O4. The van der Waals surface area contributed by atoms with Crippen molar-refractivity contribution in [3.05, 3.63) is 17.7 Å². The van der Waals surface area contributed by atoms with E-state index in [1.165, 1.54) is 38.7 Å². The average molecular weight is 308 g/mol. The molecule has 0 atom stereocenters. The molecule has 0 heterocycles. The van der Waals surface area contributed by atoms with Crippen LogP contribution >= 0.6 is 0 Å². The fourth-order valence-corrected chi connectivity index (χ4v) is 2.36. The van der Waals surface area contributed by atoms with Crippen LogP contribution in [0.2, 0.25) is 0 Å². The van der Waals surface area contributed by atoms with Crippen molar-refractivity contribution in [2.24, 2.45) is 0 Å². The maximum Gasteiger partial charge on any atom is 0.167 e. The highest BCUT2D eigenvalue weighted by Crippen LogP contribution is 2.34. The molecule has 0 aliphatic heterocycles. The third-order valence-electron chi connectivity index (χ3n) is 3.47. The monoisotopic (exact) mass is 308 g/mol. The molecule has 0 aromatic heterocycles. The second-order valence-electron chi connectivity index (χ2n) is 5.42. The van der Waals surface area contributed by atoms with Crippen LogP contribution in [0, 0.1) is 0 Å². The van der Waals surface area contributed by atoms with Crippen molar-refractivity contribution in [1.29, 1.82) is 0 Å². The predicted octanol–water partition coefficient (Wildman–Crippen LogP) is 4.73. The van der Waals surface area contributed by atoms with Crippen molar-refractivity contribution >= 4 is 5.78 Å². The molecule has 0 amide bonds. The van der Waals surface area contributed by atoms with Gasteiger partial charge < -0.3 is 14.6 Å². The fourth-order valence-electron chi connectivity index (χ4n) is 2.36. The Labute approximate surface area is 133 Å². The van der Waals surface area contributed by atoms with Crippen LogP contribution in [0.1, 0.15) is 69.7 Å². The molecule has 1 rings (SSSR count). The Kier molecular flexibility index (Phi) is 8.41. The predicted molar refractivity (Wildman–Crippen MR) is 88.2 cm³/mol. The number of ketones is 1. The Balaban J connectivity index is 2.61. The van der Waals surface area contributed by atoms with Gasteiger partial charge in [0.05, 0.1) is 13.2 Å². The van der Waals surface area contributed by atoms with E-state index in [-0.39, 0.29) is 17.1 Å². The summed E-state index contributed by atoms with van der Waals surface area (Å²) in [4.78, 5) is 11.7. The number of aromatic hydroxyl groups is 1. The molecule has 1 aromatic rings. The van der Waals surface area contributed by atoms with Gasteiger partial charge in [-0.05, 0) is 20.3 Å². The minimum atomic E-state index is -0.210. The topological polar surface area (TPSA) is 55.8 Å². The number of hydrogen-bond acceptors (Lipinski definition) is 4. The van der Waals surface area contributed by atoms with Crippen LogP contribution < -0.4 is 9.47 Å². The van der Waals surface area contributed by atoms with Crippen molar-refractivity contribution in [3.63, 3.8) is 0 Å². The third-order valence-corrected chi connectivity index (χ3v) is 3.47. The second kappa shape index (κ2) is 10.1. The Hall–Kier alpha value is -1.71. The molecule has 0 saturated heterocycles. The Morgan fingerprint density at radius 2 is 1.73 bits per heavy atom. The molecule has 0 saturated carbocycles. The summed E-state index contributed by atoms with van der Waals surface area (Å²) in [5.41, 5.74) is 0.231. The first-order valence-electron chi connectivity index (χ1n) is 8.23. The van der Waals surface area contributed by atoms with Crippen LogP contribution in [0.15, 0.2) is 12.1 Å². The SMILES string of the molecule is CCCCCCCCOc1cc(OCC)cc(O)c1C(C)=O. The standard InChI is InChI=1S/C18H28O4/c1-4-6-7-8-9-10-11-22-17-13-15(21-5-2)12-16(20)18(17)14(3)19/h12-13,20H,4-11H2,1-3H3. The zero-order valence-electron chi connectivity index (χ0n) is 14.0. The quantitative estimate of drug-likeness (QED) is 0.474. The van der Waals surface area contributed by atoms with Gasteiger partial charge in [0.15, 0.2) is 5.78 Å². The fraction of sp³-hybridized carbons (Fsp3) is 0.611. The van der Waals surface area contributed by atoms with Crippen molar-refractivity contribution in [1.82, 2.24) is 0 Å². The highest BCUT2D eigenvalue weighted by molar-refractivity contribution is 5.99. The number of carbonyl (C=O) groups is 1. The number of phenolic OH excluding ortho intramolecular Hbond substituents is 1. The second-order valence-corrected chi connectivity index (χ2v) is 5.42. The average Bonchev–Trinajstić information content (AvgIpc) is 2.45. The number of Topliss-reactive ketones (excluding diaryl/α,β-unsaturated/α-hetero) is 1. The van der Waals surface area contributed by atoms with Gasteiger partial charge in [-0.25, -0.2) is 0 Å². The van der Waals surface area contributed by atoms with Crippen LogP contribution in [-0.4, -0.2) is 24.1 Å². The van der Waals surface area contributed by atoms with Crippen LogP contribution in [-0.2, 0) is 0 Å². The summed E-state index contributed by atoms with van der Waals surface area (Å²) >= 11 is 0. The number of unbranched alkanes of at least 4 members (excludes halogenated alkanes) is 5. The van der Waals surface area contributed by atoms with E-state index in [1.54, 1.807) is 6.07 Å². The summed E-state index contributed by atoms with van der Waals surface area (Å²) < 4.78 is 11.1. The van der Waals surface area contributed by atoms with Crippen molar-refractivity contribution in [3.8, 4) is 17.2 Å². The lowest BCUT2D eigenvalue weighted by Crippen LogP contribution is -2.04. The summed E-state index contributed by atoms with van der Waals surface area (Å²) in [6.45, 7) is 6.53. The van der Waals surface area contributed by atoms with Crippen molar-refractivity contribution < 1.29 is 19.4 Å². The Morgan fingerprint density at radius 3 is 2.36 bits per heavy atom.